The molecule has 2 rings (SSSR count). The molecule has 0 aromatic heterocycles. The van der Waals surface area contributed by atoms with Crippen molar-refractivity contribution in [1.82, 2.24) is 0 Å². The Morgan fingerprint density at radius 1 is 1.43 bits per heavy atom. The zero-order valence-electron chi connectivity index (χ0n) is 8.02. The monoisotopic (exact) mass is 201 g/mol. The largest absolute Gasteiger partial charge is 0.126 e. The SMILES string of the molecule is [c]1cccc(SCC2C=CC=CC2)c1. The van der Waals surface area contributed by atoms with E-state index < -0.39 is 0 Å². The van der Waals surface area contributed by atoms with Crippen molar-refractivity contribution in [1.29, 1.82) is 0 Å². The molecule has 0 N–H and O–H groups in total. The molecule has 1 aliphatic carbocycles. The van der Waals surface area contributed by atoms with Gasteiger partial charge >= 0.3 is 0 Å². The van der Waals surface area contributed by atoms with Gasteiger partial charge in [0.15, 0.2) is 0 Å². The van der Waals surface area contributed by atoms with E-state index >= 15 is 0 Å². The summed E-state index contributed by atoms with van der Waals surface area (Å²) in [6.07, 6.45) is 9.98. The molecule has 1 aromatic carbocycles. The number of thioether (sulfide) groups is 1. The Kier molecular flexibility index (Phi) is 3.47. The highest BCUT2D eigenvalue weighted by Gasteiger charge is 2.05. The summed E-state index contributed by atoms with van der Waals surface area (Å²) in [5.41, 5.74) is 0. The Hall–Kier alpha value is -0.950. The Balaban J connectivity index is 1.83. The molecule has 71 valence electrons. The molecular weight excluding hydrogens is 188 g/mol. The standard InChI is InChI=1S/C13H13S/c1-3-7-12(8-4-1)11-14-13-9-5-2-6-10-13/h1-5,7,9-10,12H,8,11H2. The van der Waals surface area contributed by atoms with Crippen molar-refractivity contribution < 1.29 is 0 Å². The van der Waals surface area contributed by atoms with Crippen LogP contribution in [0.3, 0.4) is 0 Å². The van der Waals surface area contributed by atoms with Gasteiger partial charge < -0.3 is 0 Å². The van der Waals surface area contributed by atoms with Crippen LogP contribution in [-0.2, 0) is 0 Å². The average Bonchev–Trinajstić information content (AvgIpc) is 2.29. The van der Waals surface area contributed by atoms with Gasteiger partial charge in [0.2, 0.25) is 0 Å². The van der Waals surface area contributed by atoms with Gasteiger partial charge in [-0.05, 0) is 30.5 Å². The fourth-order valence-electron chi connectivity index (χ4n) is 1.43. The summed E-state index contributed by atoms with van der Waals surface area (Å²) in [6.45, 7) is 0. The van der Waals surface area contributed by atoms with E-state index in [0.717, 1.165) is 0 Å². The minimum atomic E-state index is 0.699. The molecule has 0 fully saturated rings. The average molecular weight is 201 g/mol. The van der Waals surface area contributed by atoms with Crippen LogP contribution < -0.4 is 0 Å². The summed E-state index contributed by atoms with van der Waals surface area (Å²) in [6, 6.07) is 11.3. The van der Waals surface area contributed by atoms with Crippen LogP contribution in [0.2, 0.25) is 0 Å². The van der Waals surface area contributed by atoms with Crippen molar-refractivity contribution in [3.8, 4) is 0 Å². The number of rotatable bonds is 3. The molecule has 0 spiro atoms. The number of allylic oxidation sites excluding steroid dienone is 4. The fraction of sp³-hybridized carbons (Fsp3) is 0.231. The summed E-state index contributed by atoms with van der Waals surface area (Å²) in [5.74, 6) is 1.86. The zero-order chi connectivity index (χ0) is 9.64. The highest BCUT2D eigenvalue weighted by atomic mass is 32.2. The van der Waals surface area contributed by atoms with Crippen LogP contribution in [0.15, 0.2) is 53.5 Å². The van der Waals surface area contributed by atoms with E-state index in [0.29, 0.717) is 5.92 Å². The molecule has 0 heterocycles. The second kappa shape index (κ2) is 5.06. The van der Waals surface area contributed by atoms with E-state index in [9.17, 15) is 0 Å². The van der Waals surface area contributed by atoms with Gasteiger partial charge in [-0.25, -0.2) is 0 Å². The van der Waals surface area contributed by atoms with Gasteiger partial charge in [-0.2, -0.15) is 0 Å². The van der Waals surface area contributed by atoms with Gasteiger partial charge in [0.1, 0.15) is 0 Å². The first-order valence-corrected chi connectivity index (χ1v) is 5.86. The third kappa shape index (κ3) is 2.78. The van der Waals surface area contributed by atoms with Crippen LogP contribution in [-0.4, -0.2) is 5.75 Å². The second-order valence-corrected chi connectivity index (χ2v) is 4.45. The fourth-order valence-corrected chi connectivity index (χ4v) is 2.41. The first kappa shape index (κ1) is 9.60. The van der Waals surface area contributed by atoms with Gasteiger partial charge in [0.05, 0.1) is 0 Å². The van der Waals surface area contributed by atoms with Crippen LogP contribution in [0.4, 0.5) is 0 Å². The van der Waals surface area contributed by atoms with Crippen molar-refractivity contribution in [2.75, 3.05) is 5.75 Å². The smallest absolute Gasteiger partial charge is 0.00783 e. The summed E-state index contributed by atoms with van der Waals surface area (Å²) in [7, 11) is 0. The molecule has 14 heavy (non-hydrogen) atoms. The van der Waals surface area contributed by atoms with Crippen LogP contribution in [0, 0.1) is 12.0 Å². The van der Waals surface area contributed by atoms with E-state index in [1.807, 2.05) is 30.0 Å². The summed E-state index contributed by atoms with van der Waals surface area (Å²) < 4.78 is 0. The maximum atomic E-state index is 3.10. The van der Waals surface area contributed by atoms with Gasteiger partial charge in [0, 0.05) is 10.6 Å². The second-order valence-electron chi connectivity index (χ2n) is 3.36. The lowest BCUT2D eigenvalue weighted by atomic mass is 10.0. The molecule has 0 aliphatic heterocycles. The van der Waals surface area contributed by atoms with Gasteiger partial charge in [-0.15, -0.1) is 11.8 Å². The third-order valence-corrected chi connectivity index (χ3v) is 3.39. The topological polar surface area (TPSA) is 0 Å². The van der Waals surface area contributed by atoms with Crippen LogP contribution in [0.1, 0.15) is 6.42 Å². The lowest BCUT2D eigenvalue weighted by Gasteiger charge is -2.11. The van der Waals surface area contributed by atoms with E-state index in [2.05, 4.69) is 36.4 Å². The van der Waals surface area contributed by atoms with Crippen LogP contribution in [0.5, 0.6) is 0 Å². The predicted molar refractivity (Wildman–Crippen MR) is 62.4 cm³/mol. The van der Waals surface area contributed by atoms with Gasteiger partial charge in [-0.1, -0.05) is 36.4 Å². The Morgan fingerprint density at radius 3 is 3.14 bits per heavy atom. The first-order chi connectivity index (χ1) is 6.95. The highest BCUT2D eigenvalue weighted by Crippen LogP contribution is 2.23. The minimum Gasteiger partial charge on any atom is -0.126 e. The first-order valence-electron chi connectivity index (χ1n) is 4.87. The maximum absolute atomic E-state index is 3.10. The van der Waals surface area contributed by atoms with Crippen LogP contribution >= 0.6 is 11.8 Å². The van der Waals surface area contributed by atoms with Crippen molar-refractivity contribution in [3.05, 3.63) is 54.6 Å². The summed E-state index contributed by atoms with van der Waals surface area (Å²) in [4.78, 5) is 1.32. The molecule has 0 bridgehead atoms. The molecule has 0 saturated carbocycles. The Labute approximate surface area is 89.7 Å². The zero-order valence-corrected chi connectivity index (χ0v) is 8.84. The van der Waals surface area contributed by atoms with Crippen molar-refractivity contribution in [3.63, 3.8) is 0 Å². The molecule has 0 saturated heterocycles. The van der Waals surface area contributed by atoms with Gasteiger partial charge in [-0.3, -0.25) is 0 Å². The predicted octanol–water partition coefficient (Wildman–Crippen LogP) is 3.71. The third-order valence-electron chi connectivity index (χ3n) is 2.21. The van der Waals surface area contributed by atoms with Crippen LogP contribution in [0.25, 0.3) is 0 Å². The van der Waals surface area contributed by atoms with E-state index in [1.54, 1.807) is 0 Å². The van der Waals surface area contributed by atoms with Gasteiger partial charge in [0.25, 0.3) is 0 Å². The lowest BCUT2D eigenvalue weighted by Crippen LogP contribution is -2.00. The molecule has 0 amide bonds. The molecule has 0 nitrogen and oxygen atoms in total. The lowest BCUT2D eigenvalue weighted by molar-refractivity contribution is 0.749. The molecular formula is C13H13S. The van der Waals surface area contributed by atoms with E-state index in [1.165, 1.54) is 17.1 Å². The maximum Gasteiger partial charge on any atom is 0.00783 e. The Morgan fingerprint density at radius 2 is 2.43 bits per heavy atom. The molecule has 1 aromatic rings. The van der Waals surface area contributed by atoms with Crippen molar-refractivity contribution in [2.45, 2.75) is 11.3 Å². The molecule has 1 heteroatoms. The summed E-state index contributed by atoms with van der Waals surface area (Å²) in [5, 5.41) is 0. The summed E-state index contributed by atoms with van der Waals surface area (Å²) >= 11 is 1.91. The minimum absolute atomic E-state index is 0.699. The number of hydrogen-bond acceptors (Lipinski definition) is 1. The molecule has 1 unspecified atom stereocenters. The highest BCUT2D eigenvalue weighted by molar-refractivity contribution is 7.99. The molecule has 1 radical (unpaired) electrons. The number of hydrogen-bond donors (Lipinski definition) is 0. The van der Waals surface area contributed by atoms with Crippen molar-refractivity contribution >= 4 is 11.8 Å². The number of benzene rings is 1. The van der Waals surface area contributed by atoms with E-state index in [-0.39, 0.29) is 0 Å². The quantitative estimate of drug-likeness (QED) is 0.672. The van der Waals surface area contributed by atoms with Crippen molar-refractivity contribution in [2.24, 2.45) is 5.92 Å². The molecule has 1 atom stereocenters. The normalized spacial score (nSPS) is 19.9. The van der Waals surface area contributed by atoms with E-state index in [4.69, 9.17) is 0 Å². The molecule has 1 aliphatic rings. The Bertz CT molecular complexity index is 324.